The molecule has 0 aliphatic carbocycles. The number of aromatic nitrogens is 2. The summed E-state index contributed by atoms with van der Waals surface area (Å²) in [7, 11) is 0. The van der Waals surface area contributed by atoms with Crippen LogP contribution in [0.15, 0.2) is 24.4 Å². The molecule has 0 aromatic carbocycles. The van der Waals surface area contributed by atoms with Crippen LogP contribution in [0, 0.1) is 6.92 Å². The number of carbonyl (C=O) groups excluding carboxylic acids is 2. The van der Waals surface area contributed by atoms with E-state index in [1.165, 1.54) is 11.3 Å². The summed E-state index contributed by atoms with van der Waals surface area (Å²) in [5.74, 6) is 0.508. The Labute approximate surface area is 128 Å². The van der Waals surface area contributed by atoms with Gasteiger partial charge in [-0.3, -0.25) is 9.59 Å². The number of thiophene rings is 1. The van der Waals surface area contributed by atoms with Gasteiger partial charge >= 0.3 is 0 Å². The van der Waals surface area contributed by atoms with Crippen molar-refractivity contribution in [3.05, 3.63) is 34.2 Å². The smallest absolute Gasteiger partial charge is 0.225 e. The Morgan fingerprint density at radius 2 is 2.05 bits per heavy atom. The molecule has 0 fully saturated rings. The van der Waals surface area contributed by atoms with Crippen molar-refractivity contribution in [3.63, 3.8) is 0 Å². The highest BCUT2D eigenvalue weighted by Gasteiger charge is 2.13. The van der Waals surface area contributed by atoms with Crippen LogP contribution in [-0.4, -0.2) is 21.5 Å². The molecule has 1 amide bonds. The summed E-state index contributed by atoms with van der Waals surface area (Å²) in [5.41, 5.74) is 0. The second-order valence-corrected chi connectivity index (χ2v) is 6.42. The van der Waals surface area contributed by atoms with E-state index in [1.807, 2.05) is 32.9 Å². The molecule has 0 radical (unpaired) electrons. The lowest BCUT2D eigenvalue weighted by Gasteiger charge is -2.11. The zero-order chi connectivity index (χ0) is 15.4. The van der Waals surface area contributed by atoms with Gasteiger partial charge in [0.1, 0.15) is 5.82 Å². The number of rotatable bonds is 6. The fraction of sp³-hybridized carbons (Fsp3) is 0.400. The van der Waals surface area contributed by atoms with E-state index in [1.54, 1.807) is 16.9 Å². The summed E-state index contributed by atoms with van der Waals surface area (Å²) in [6.07, 6.45) is 2.05. The highest BCUT2D eigenvalue weighted by Crippen LogP contribution is 2.18. The van der Waals surface area contributed by atoms with E-state index in [9.17, 15) is 9.59 Å². The normalized spacial score (nSPS) is 10.9. The lowest BCUT2D eigenvalue weighted by molar-refractivity contribution is -0.116. The summed E-state index contributed by atoms with van der Waals surface area (Å²) in [6.45, 7) is 5.94. The maximum atomic E-state index is 12.0. The van der Waals surface area contributed by atoms with Crippen molar-refractivity contribution in [3.8, 4) is 0 Å². The van der Waals surface area contributed by atoms with Gasteiger partial charge < -0.3 is 5.32 Å². The molecule has 1 N–H and O–H groups in total. The van der Waals surface area contributed by atoms with Crippen LogP contribution < -0.4 is 5.32 Å². The number of anilines is 1. The average Bonchev–Trinajstić information content (AvgIpc) is 3.05. The molecule has 2 aromatic rings. The van der Waals surface area contributed by atoms with Gasteiger partial charge in [0, 0.05) is 29.8 Å². The number of hydrogen-bond donors (Lipinski definition) is 1. The Bertz CT molecular complexity index is 643. The number of hydrogen-bond acceptors (Lipinski definition) is 4. The van der Waals surface area contributed by atoms with Crippen molar-refractivity contribution in [2.75, 3.05) is 5.32 Å². The molecule has 0 saturated carbocycles. The van der Waals surface area contributed by atoms with Crippen LogP contribution in [-0.2, 0) is 4.79 Å². The zero-order valence-electron chi connectivity index (χ0n) is 12.4. The van der Waals surface area contributed by atoms with Crippen molar-refractivity contribution in [2.24, 2.45) is 0 Å². The van der Waals surface area contributed by atoms with Gasteiger partial charge in [-0.1, -0.05) is 0 Å². The third kappa shape index (κ3) is 4.01. The van der Waals surface area contributed by atoms with E-state index >= 15 is 0 Å². The molecule has 0 aliphatic heterocycles. The molecule has 112 valence electrons. The Hall–Kier alpha value is -1.95. The topological polar surface area (TPSA) is 64.0 Å². The first-order chi connectivity index (χ1) is 9.97. The monoisotopic (exact) mass is 305 g/mol. The summed E-state index contributed by atoms with van der Waals surface area (Å²) >= 11 is 1.46. The van der Waals surface area contributed by atoms with Crippen LogP contribution in [0.2, 0.25) is 0 Å². The average molecular weight is 305 g/mol. The van der Waals surface area contributed by atoms with Crippen LogP contribution in [0.4, 0.5) is 5.82 Å². The molecule has 5 nitrogen and oxygen atoms in total. The van der Waals surface area contributed by atoms with Gasteiger partial charge in [0.2, 0.25) is 5.91 Å². The fourth-order valence-corrected chi connectivity index (χ4v) is 2.80. The van der Waals surface area contributed by atoms with E-state index in [0.717, 1.165) is 4.88 Å². The fourth-order valence-electron chi connectivity index (χ4n) is 1.96. The summed E-state index contributed by atoms with van der Waals surface area (Å²) < 4.78 is 1.74. The van der Waals surface area contributed by atoms with Crippen molar-refractivity contribution in [2.45, 2.75) is 39.7 Å². The van der Waals surface area contributed by atoms with E-state index in [4.69, 9.17) is 0 Å². The van der Waals surface area contributed by atoms with E-state index in [0.29, 0.717) is 10.7 Å². The van der Waals surface area contributed by atoms with Gasteiger partial charge in [0.05, 0.1) is 11.1 Å². The van der Waals surface area contributed by atoms with Crippen molar-refractivity contribution in [1.29, 1.82) is 0 Å². The highest BCUT2D eigenvalue weighted by molar-refractivity contribution is 7.14. The van der Waals surface area contributed by atoms with Crippen LogP contribution in [0.5, 0.6) is 0 Å². The quantitative estimate of drug-likeness (QED) is 0.832. The molecule has 21 heavy (non-hydrogen) atoms. The van der Waals surface area contributed by atoms with E-state index in [-0.39, 0.29) is 30.6 Å². The Kier molecular flexibility index (Phi) is 4.90. The third-order valence-electron chi connectivity index (χ3n) is 3.02. The van der Waals surface area contributed by atoms with Gasteiger partial charge in [-0.15, -0.1) is 11.3 Å². The molecule has 0 saturated heterocycles. The number of ketones is 1. The van der Waals surface area contributed by atoms with Crippen molar-refractivity contribution in [1.82, 2.24) is 9.78 Å². The predicted molar refractivity (Wildman–Crippen MR) is 83.9 cm³/mol. The van der Waals surface area contributed by atoms with Crippen molar-refractivity contribution < 1.29 is 9.59 Å². The molecule has 0 atom stereocenters. The van der Waals surface area contributed by atoms with Gasteiger partial charge in [-0.2, -0.15) is 5.10 Å². The molecule has 0 bridgehead atoms. The molecular formula is C15H19N3O2S. The first-order valence-electron chi connectivity index (χ1n) is 6.90. The molecular weight excluding hydrogens is 286 g/mol. The molecule has 0 aliphatic rings. The summed E-state index contributed by atoms with van der Waals surface area (Å²) in [5, 5.41) is 6.95. The Morgan fingerprint density at radius 1 is 1.29 bits per heavy atom. The molecule has 2 rings (SSSR count). The minimum Gasteiger partial charge on any atom is -0.311 e. The molecule has 6 heteroatoms. The number of nitrogens with zero attached hydrogens (tertiary/aromatic N) is 2. The molecule has 2 aromatic heterocycles. The molecule has 0 unspecified atom stereocenters. The van der Waals surface area contributed by atoms with Crippen LogP contribution >= 0.6 is 11.3 Å². The van der Waals surface area contributed by atoms with Gasteiger partial charge in [-0.25, -0.2) is 4.68 Å². The second kappa shape index (κ2) is 6.67. The lowest BCUT2D eigenvalue weighted by Crippen LogP contribution is -2.17. The van der Waals surface area contributed by atoms with Gasteiger partial charge in [0.15, 0.2) is 5.78 Å². The lowest BCUT2D eigenvalue weighted by atomic mass is 10.2. The maximum Gasteiger partial charge on any atom is 0.225 e. The predicted octanol–water partition coefficient (Wildman–Crippen LogP) is 3.44. The minimum absolute atomic E-state index is 0.0145. The van der Waals surface area contributed by atoms with E-state index in [2.05, 4.69) is 10.4 Å². The SMILES string of the molecule is Cc1ccc(C(=O)CCC(=O)Nc2ccnn2C(C)C)s1. The maximum absolute atomic E-state index is 12.0. The van der Waals surface area contributed by atoms with Crippen LogP contribution in [0.25, 0.3) is 0 Å². The minimum atomic E-state index is -0.168. The summed E-state index contributed by atoms with van der Waals surface area (Å²) in [4.78, 5) is 25.7. The largest absolute Gasteiger partial charge is 0.311 e. The van der Waals surface area contributed by atoms with Crippen LogP contribution in [0.3, 0.4) is 0 Å². The van der Waals surface area contributed by atoms with Crippen molar-refractivity contribution >= 4 is 28.8 Å². The number of aryl methyl sites for hydroxylation is 1. The second-order valence-electron chi connectivity index (χ2n) is 5.14. The van der Waals surface area contributed by atoms with Crippen LogP contribution in [0.1, 0.15) is 47.3 Å². The Balaban J connectivity index is 1.87. The number of carbonyl (C=O) groups is 2. The standard InChI is InChI=1S/C15H19N3O2S/c1-10(2)18-14(8-9-16-18)17-15(20)7-5-12(19)13-6-4-11(3)21-13/h4,6,8-10H,5,7H2,1-3H3,(H,17,20). The molecule has 2 heterocycles. The first kappa shape index (κ1) is 15.4. The number of Topliss-reactive ketones (excluding diaryl/α,β-unsaturated/α-hetero) is 1. The van der Waals surface area contributed by atoms with Gasteiger partial charge in [-0.05, 0) is 32.9 Å². The van der Waals surface area contributed by atoms with E-state index < -0.39 is 0 Å². The zero-order valence-corrected chi connectivity index (χ0v) is 13.2. The van der Waals surface area contributed by atoms with Gasteiger partial charge in [0.25, 0.3) is 0 Å². The Morgan fingerprint density at radius 3 is 2.67 bits per heavy atom. The summed E-state index contributed by atoms with van der Waals surface area (Å²) in [6, 6.07) is 5.65. The highest BCUT2D eigenvalue weighted by atomic mass is 32.1. The number of nitrogens with one attached hydrogen (secondary N) is 1. The first-order valence-corrected chi connectivity index (χ1v) is 7.72. The number of amides is 1. The molecule has 0 spiro atoms. The third-order valence-corrected chi connectivity index (χ3v) is 4.06.